The van der Waals surface area contributed by atoms with Gasteiger partial charge in [0.05, 0.1) is 11.6 Å². The highest BCUT2D eigenvalue weighted by Crippen LogP contribution is 2.39. The summed E-state index contributed by atoms with van der Waals surface area (Å²) in [6, 6.07) is 5.80. The molecule has 0 saturated carbocycles. The number of carbonyl (C=O) groups excluding carboxylic acids is 2. The number of unbranched alkanes of at least 4 members (excludes halogenated alkanes) is 1. The average Bonchev–Trinajstić information content (AvgIpc) is 2.77. The van der Waals surface area contributed by atoms with Gasteiger partial charge in [-0.2, -0.15) is 0 Å². The average molecular weight is 317 g/mol. The molecule has 0 saturated heterocycles. The number of hydrogen-bond acceptors (Lipinski definition) is 4. The third kappa shape index (κ3) is 3.23. The lowest BCUT2D eigenvalue weighted by molar-refractivity contribution is -0.129. The Balaban J connectivity index is 2.49. The van der Waals surface area contributed by atoms with Gasteiger partial charge < -0.3 is 15.1 Å². The molecule has 1 aliphatic rings. The van der Waals surface area contributed by atoms with Crippen molar-refractivity contribution < 1.29 is 19.8 Å². The molecule has 1 atom stereocenters. The number of Topliss-reactive ketones (excluding diaryl/α,β-unsaturated/α-hetero) is 1. The molecule has 0 aromatic heterocycles. The largest absolute Gasteiger partial charge is 0.508 e. The van der Waals surface area contributed by atoms with Crippen LogP contribution in [0.5, 0.6) is 5.75 Å². The first-order chi connectivity index (χ1) is 10.9. The number of phenolic OH excluding ortho intramolecular Hbond substituents is 1. The summed E-state index contributed by atoms with van der Waals surface area (Å²) in [6.45, 7) is 5.98. The lowest BCUT2D eigenvalue weighted by Gasteiger charge is -2.27. The number of carbonyl (C=O) groups is 2. The van der Waals surface area contributed by atoms with Crippen LogP contribution >= 0.6 is 0 Å². The molecule has 124 valence electrons. The summed E-state index contributed by atoms with van der Waals surface area (Å²) in [7, 11) is 0. The second kappa shape index (κ2) is 6.86. The number of phenols is 1. The van der Waals surface area contributed by atoms with E-state index in [9.17, 15) is 19.8 Å². The number of aliphatic hydroxyl groups excluding tert-OH is 1. The van der Waals surface area contributed by atoms with Crippen LogP contribution in [0.15, 0.2) is 35.6 Å². The molecule has 1 heterocycles. The van der Waals surface area contributed by atoms with E-state index in [2.05, 4.69) is 0 Å². The standard InChI is InChI=1S/C18H23NO4/c1-4-5-10-19-15(12-6-8-13(20)9-7-12)14(16(21)11(2)3)17(22)18(19)23/h6-9,11,15,20,22H,4-5,10H2,1-3H3. The second-order valence-electron chi connectivity index (χ2n) is 6.13. The van der Waals surface area contributed by atoms with Gasteiger partial charge in [-0.25, -0.2) is 0 Å². The number of rotatable bonds is 6. The molecule has 0 radical (unpaired) electrons. The van der Waals surface area contributed by atoms with E-state index in [1.807, 2.05) is 6.92 Å². The molecule has 5 heteroatoms. The molecule has 1 amide bonds. The predicted molar refractivity (Wildman–Crippen MR) is 87.0 cm³/mol. The molecule has 2 N–H and O–H groups in total. The predicted octanol–water partition coefficient (Wildman–Crippen LogP) is 3.11. The third-order valence-electron chi connectivity index (χ3n) is 4.05. The van der Waals surface area contributed by atoms with Crippen molar-refractivity contribution >= 4 is 11.7 Å². The van der Waals surface area contributed by atoms with Crippen LogP contribution in [0.4, 0.5) is 0 Å². The zero-order valence-corrected chi connectivity index (χ0v) is 13.7. The SMILES string of the molecule is CCCCN1C(=O)C(O)=C(C(=O)C(C)C)C1c1ccc(O)cc1. The van der Waals surface area contributed by atoms with Crippen LogP contribution in [0.1, 0.15) is 45.2 Å². The molecule has 23 heavy (non-hydrogen) atoms. The van der Waals surface area contributed by atoms with Gasteiger partial charge in [-0.05, 0) is 24.1 Å². The van der Waals surface area contributed by atoms with E-state index in [4.69, 9.17) is 0 Å². The number of ketones is 1. The van der Waals surface area contributed by atoms with Crippen molar-refractivity contribution in [2.45, 2.75) is 39.7 Å². The van der Waals surface area contributed by atoms with Crippen LogP contribution in [-0.4, -0.2) is 33.3 Å². The Kier molecular flexibility index (Phi) is 5.08. The van der Waals surface area contributed by atoms with E-state index < -0.39 is 17.7 Å². The molecule has 0 aliphatic carbocycles. The molecule has 5 nitrogen and oxygen atoms in total. The fraction of sp³-hybridized carbons (Fsp3) is 0.444. The fourth-order valence-corrected chi connectivity index (χ4v) is 2.78. The molecule has 1 aromatic rings. The molecular weight excluding hydrogens is 294 g/mol. The van der Waals surface area contributed by atoms with Gasteiger partial charge in [-0.1, -0.05) is 39.3 Å². The van der Waals surface area contributed by atoms with Crippen LogP contribution in [0.2, 0.25) is 0 Å². The smallest absolute Gasteiger partial charge is 0.290 e. The Morgan fingerprint density at radius 3 is 2.35 bits per heavy atom. The Hall–Kier alpha value is -2.30. The monoisotopic (exact) mass is 317 g/mol. The van der Waals surface area contributed by atoms with Gasteiger partial charge in [0.2, 0.25) is 0 Å². The minimum Gasteiger partial charge on any atom is -0.508 e. The molecule has 0 bridgehead atoms. The van der Waals surface area contributed by atoms with E-state index in [0.29, 0.717) is 12.1 Å². The van der Waals surface area contributed by atoms with Crippen LogP contribution < -0.4 is 0 Å². The van der Waals surface area contributed by atoms with Crippen LogP contribution in [0, 0.1) is 5.92 Å². The Labute approximate surface area is 136 Å². The van der Waals surface area contributed by atoms with Gasteiger partial charge in [0.15, 0.2) is 11.5 Å². The van der Waals surface area contributed by atoms with Crippen molar-refractivity contribution in [1.82, 2.24) is 4.90 Å². The minimum atomic E-state index is -0.593. The number of aliphatic hydroxyl groups is 1. The minimum absolute atomic E-state index is 0.114. The zero-order valence-electron chi connectivity index (χ0n) is 13.7. The molecule has 1 aliphatic heterocycles. The topological polar surface area (TPSA) is 77.8 Å². The quantitative estimate of drug-likeness (QED) is 0.845. The van der Waals surface area contributed by atoms with Crippen molar-refractivity contribution in [3.63, 3.8) is 0 Å². The third-order valence-corrected chi connectivity index (χ3v) is 4.05. The lowest BCUT2D eigenvalue weighted by atomic mass is 9.91. The highest BCUT2D eigenvalue weighted by molar-refractivity contribution is 6.09. The zero-order chi connectivity index (χ0) is 17.1. The Bertz CT molecular complexity index is 631. The maximum atomic E-state index is 12.5. The summed E-state index contributed by atoms with van der Waals surface area (Å²) in [5.74, 6) is -1.37. The van der Waals surface area contributed by atoms with E-state index in [-0.39, 0.29) is 23.0 Å². The van der Waals surface area contributed by atoms with Gasteiger partial charge in [-0.15, -0.1) is 0 Å². The summed E-state index contributed by atoms with van der Waals surface area (Å²) in [6.07, 6.45) is 1.69. The second-order valence-corrected chi connectivity index (χ2v) is 6.13. The number of amides is 1. The van der Waals surface area contributed by atoms with E-state index in [0.717, 1.165) is 12.8 Å². The van der Waals surface area contributed by atoms with Crippen LogP contribution in [0.3, 0.4) is 0 Å². The summed E-state index contributed by atoms with van der Waals surface area (Å²) in [5.41, 5.74) is 0.868. The normalized spacial score (nSPS) is 18.2. The molecular formula is C18H23NO4. The van der Waals surface area contributed by atoms with Gasteiger partial charge in [-0.3, -0.25) is 9.59 Å². The summed E-state index contributed by atoms with van der Waals surface area (Å²) in [4.78, 5) is 26.5. The lowest BCUT2D eigenvalue weighted by Crippen LogP contribution is -2.32. The number of nitrogens with zero attached hydrogens (tertiary/aromatic N) is 1. The molecule has 0 fully saturated rings. The maximum Gasteiger partial charge on any atom is 0.290 e. The first kappa shape index (κ1) is 17.1. The summed E-state index contributed by atoms with van der Waals surface area (Å²) < 4.78 is 0. The first-order valence-corrected chi connectivity index (χ1v) is 7.95. The molecule has 0 spiro atoms. The molecule has 1 unspecified atom stereocenters. The van der Waals surface area contributed by atoms with Crippen molar-refractivity contribution in [2.24, 2.45) is 5.92 Å². The maximum absolute atomic E-state index is 12.5. The van der Waals surface area contributed by atoms with Crippen molar-refractivity contribution in [2.75, 3.05) is 6.54 Å². The summed E-state index contributed by atoms with van der Waals surface area (Å²) in [5, 5.41) is 19.7. The summed E-state index contributed by atoms with van der Waals surface area (Å²) >= 11 is 0. The molecule has 1 aromatic carbocycles. The van der Waals surface area contributed by atoms with Crippen molar-refractivity contribution in [3.05, 3.63) is 41.2 Å². The van der Waals surface area contributed by atoms with Crippen LogP contribution in [0.25, 0.3) is 0 Å². The van der Waals surface area contributed by atoms with Crippen LogP contribution in [-0.2, 0) is 9.59 Å². The van der Waals surface area contributed by atoms with Gasteiger partial charge in [0, 0.05) is 12.5 Å². The first-order valence-electron chi connectivity index (χ1n) is 7.95. The fourth-order valence-electron chi connectivity index (χ4n) is 2.78. The highest BCUT2D eigenvalue weighted by atomic mass is 16.3. The van der Waals surface area contributed by atoms with Crippen molar-refractivity contribution in [3.8, 4) is 5.75 Å². The number of aromatic hydroxyl groups is 1. The van der Waals surface area contributed by atoms with E-state index in [1.54, 1.807) is 30.9 Å². The van der Waals surface area contributed by atoms with E-state index >= 15 is 0 Å². The van der Waals surface area contributed by atoms with Gasteiger partial charge in [0.1, 0.15) is 5.75 Å². The van der Waals surface area contributed by atoms with Gasteiger partial charge >= 0.3 is 0 Å². The number of hydrogen-bond donors (Lipinski definition) is 2. The van der Waals surface area contributed by atoms with E-state index in [1.165, 1.54) is 12.1 Å². The Morgan fingerprint density at radius 1 is 1.22 bits per heavy atom. The number of benzene rings is 1. The molecule has 2 rings (SSSR count). The highest BCUT2D eigenvalue weighted by Gasteiger charge is 2.43. The Morgan fingerprint density at radius 2 is 1.83 bits per heavy atom. The van der Waals surface area contributed by atoms with Crippen molar-refractivity contribution in [1.29, 1.82) is 0 Å². The van der Waals surface area contributed by atoms with Gasteiger partial charge in [0.25, 0.3) is 5.91 Å².